The van der Waals surface area contributed by atoms with Crippen molar-refractivity contribution in [3.63, 3.8) is 0 Å². The average molecular weight is 443 g/mol. The van der Waals surface area contributed by atoms with Crippen LogP contribution in [0.1, 0.15) is 17.0 Å². The lowest BCUT2D eigenvalue weighted by Gasteiger charge is -2.10. The molecule has 3 rings (SSSR count). The Hall–Kier alpha value is -3.29. The third kappa shape index (κ3) is 6.10. The van der Waals surface area contributed by atoms with Crippen molar-refractivity contribution >= 4 is 23.8 Å². The van der Waals surface area contributed by atoms with E-state index in [4.69, 9.17) is 30.2 Å². The molecule has 0 spiro atoms. The van der Waals surface area contributed by atoms with Crippen molar-refractivity contribution in [3.05, 3.63) is 87.2 Å². The Kier molecular flexibility index (Phi) is 8.09. The number of nitrogens with zero attached hydrogens (tertiary/aromatic N) is 2. The number of methoxy groups -OCH3 is 2. The molecule has 1 heterocycles. The van der Waals surface area contributed by atoms with Gasteiger partial charge >= 0.3 is 5.76 Å². The molecule has 0 N–H and O–H groups in total. The van der Waals surface area contributed by atoms with Crippen LogP contribution in [0.15, 0.2) is 63.8 Å². The summed E-state index contributed by atoms with van der Waals surface area (Å²) >= 11 is 6.35. The summed E-state index contributed by atoms with van der Waals surface area (Å²) in [7, 11) is 3.05. The van der Waals surface area contributed by atoms with Crippen LogP contribution in [0.4, 0.5) is 0 Å². The summed E-state index contributed by atoms with van der Waals surface area (Å²) in [5.41, 5.74) is 1.78. The molecule has 0 aliphatic carbocycles. The van der Waals surface area contributed by atoms with Gasteiger partial charge in [-0.1, -0.05) is 54.1 Å². The van der Waals surface area contributed by atoms with Crippen molar-refractivity contribution in [3.8, 4) is 11.5 Å². The zero-order valence-corrected chi connectivity index (χ0v) is 18.0. The lowest BCUT2D eigenvalue weighted by molar-refractivity contribution is 0.148. The van der Waals surface area contributed by atoms with E-state index >= 15 is 0 Å². The van der Waals surface area contributed by atoms with E-state index in [2.05, 4.69) is 5.10 Å². The molecule has 0 aliphatic rings. The minimum atomic E-state index is -0.548. The Morgan fingerprint density at radius 3 is 2.61 bits per heavy atom. The molecule has 2 aromatic carbocycles. The highest BCUT2D eigenvalue weighted by Crippen LogP contribution is 2.37. The van der Waals surface area contributed by atoms with Crippen molar-refractivity contribution in [2.24, 2.45) is 0 Å². The number of halogens is 1. The summed E-state index contributed by atoms with van der Waals surface area (Å²) in [6.45, 7) is 1.25. The molecule has 0 radical (unpaired) electrons. The number of rotatable bonds is 10. The molecule has 31 heavy (non-hydrogen) atoms. The normalized spacial score (nSPS) is 11.5. The second-order valence-electron chi connectivity index (χ2n) is 6.40. The lowest BCUT2D eigenvalue weighted by atomic mass is 10.2. The molecule has 7 nitrogen and oxygen atoms in total. The summed E-state index contributed by atoms with van der Waals surface area (Å²) in [5, 5.41) is 4.54. The molecule has 0 saturated carbocycles. The first-order valence-corrected chi connectivity index (χ1v) is 9.93. The number of allylic oxidation sites excluding steroid dienone is 1. The SMILES string of the molecule is COc1ccc(C=Cc2nn(CC=CCOCc3ccccc3)c(=O)o2)c(Cl)c1OC. The molecule has 0 bridgehead atoms. The molecular weight excluding hydrogens is 420 g/mol. The second kappa shape index (κ2) is 11.2. The van der Waals surface area contributed by atoms with Crippen molar-refractivity contribution in [2.75, 3.05) is 20.8 Å². The minimum Gasteiger partial charge on any atom is -0.493 e. The Labute approximate surface area is 185 Å². The summed E-state index contributed by atoms with van der Waals surface area (Å²) in [4.78, 5) is 12.0. The fourth-order valence-electron chi connectivity index (χ4n) is 2.76. The molecular formula is C23H23ClN2O5. The van der Waals surface area contributed by atoms with Gasteiger partial charge in [0.05, 0.1) is 39.0 Å². The van der Waals surface area contributed by atoms with Gasteiger partial charge in [-0.25, -0.2) is 4.79 Å². The highest BCUT2D eigenvalue weighted by atomic mass is 35.5. The lowest BCUT2D eigenvalue weighted by Crippen LogP contribution is -2.14. The van der Waals surface area contributed by atoms with E-state index in [0.29, 0.717) is 35.3 Å². The van der Waals surface area contributed by atoms with Crippen molar-refractivity contribution in [2.45, 2.75) is 13.2 Å². The van der Waals surface area contributed by atoms with Crippen LogP contribution in [0.25, 0.3) is 12.2 Å². The van der Waals surface area contributed by atoms with Gasteiger partial charge in [0.2, 0.25) is 5.89 Å². The zero-order chi connectivity index (χ0) is 22.1. The molecule has 0 aliphatic heterocycles. The molecule has 0 fully saturated rings. The molecule has 1 aromatic heterocycles. The van der Waals surface area contributed by atoms with E-state index in [1.807, 2.05) is 36.4 Å². The molecule has 0 unspecified atom stereocenters. The maximum atomic E-state index is 12.0. The molecule has 0 saturated heterocycles. The molecule has 0 amide bonds. The first-order valence-electron chi connectivity index (χ1n) is 9.55. The number of aromatic nitrogens is 2. The van der Waals surface area contributed by atoms with E-state index in [9.17, 15) is 4.79 Å². The fourth-order valence-corrected chi connectivity index (χ4v) is 3.06. The maximum Gasteiger partial charge on any atom is 0.437 e. The predicted octanol–water partition coefficient (Wildman–Crippen LogP) is 4.45. The van der Waals surface area contributed by atoms with Crippen LogP contribution in [0, 0.1) is 0 Å². The van der Waals surface area contributed by atoms with E-state index in [1.165, 1.54) is 18.9 Å². The molecule has 8 heteroatoms. The van der Waals surface area contributed by atoms with Crippen LogP contribution in [-0.2, 0) is 17.9 Å². The van der Waals surface area contributed by atoms with E-state index in [0.717, 1.165) is 5.56 Å². The van der Waals surface area contributed by atoms with Crippen LogP contribution in [0.2, 0.25) is 5.02 Å². The Morgan fingerprint density at radius 1 is 1.06 bits per heavy atom. The quantitative estimate of drug-likeness (QED) is 0.341. The van der Waals surface area contributed by atoms with Gasteiger partial charge in [0, 0.05) is 6.08 Å². The third-order valence-electron chi connectivity index (χ3n) is 4.31. The van der Waals surface area contributed by atoms with Gasteiger partial charge in [-0.05, 0) is 29.3 Å². The van der Waals surface area contributed by atoms with Gasteiger partial charge in [0.15, 0.2) is 11.5 Å². The van der Waals surface area contributed by atoms with E-state index in [1.54, 1.807) is 30.4 Å². The summed E-state index contributed by atoms with van der Waals surface area (Å²) < 4.78 is 22.4. The highest BCUT2D eigenvalue weighted by molar-refractivity contribution is 6.33. The van der Waals surface area contributed by atoms with E-state index in [-0.39, 0.29) is 12.4 Å². The minimum absolute atomic E-state index is 0.171. The predicted molar refractivity (Wildman–Crippen MR) is 119 cm³/mol. The first-order chi connectivity index (χ1) is 15.1. The second-order valence-corrected chi connectivity index (χ2v) is 6.78. The van der Waals surface area contributed by atoms with Crippen molar-refractivity contribution in [1.29, 1.82) is 0 Å². The van der Waals surface area contributed by atoms with Gasteiger partial charge in [-0.15, -0.1) is 5.10 Å². The number of hydrogen-bond acceptors (Lipinski definition) is 6. The Balaban J connectivity index is 1.56. The Morgan fingerprint density at radius 2 is 1.87 bits per heavy atom. The largest absolute Gasteiger partial charge is 0.493 e. The number of benzene rings is 2. The molecule has 0 atom stereocenters. The maximum absolute atomic E-state index is 12.0. The Bertz CT molecular complexity index is 1100. The van der Waals surface area contributed by atoms with Gasteiger partial charge < -0.3 is 18.6 Å². The summed E-state index contributed by atoms with van der Waals surface area (Å²) in [6.07, 6.45) is 6.89. The zero-order valence-electron chi connectivity index (χ0n) is 17.3. The standard InChI is InChI=1S/C23H23ClN2O5/c1-28-19-12-10-18(21(24)22(19)29-2)11-13-20-25-26(23(27)31-20)14-6-7-15-30-16-17-8-4-3-5-9-17/h3-13H,14-16H2,1-2H3. The van der Waals surface area contributed by atoms with Crippen molar-refractivity contribution in [1.82, 2.24) is 9.78 Å². The van der Waals surface area contributed by atoms with Crippen LogP contribution >= 0.6 is 11.6 Å². The van der Waals surface area contributed by atoms with E-state index < -0.39 is 5.76 Å². The monoisotopic (exact) mass is 442 g/mol. The number of hydrogen-bond donors (Lipinski definition) is 0. The first kappa shape index (κ1) is 22.4. The van der Waals surface area contributed by atoms with Crippen LogP contribution in [0.3, 0.4) is 0 Å². The van der Waals surface area contributed by atoms with Gasteiger partial charge in [0.25, 0.3) is 0 Å². The highest BCUT2D eigenvalue weighted by Gasteiger charge is 2.12. The average Bonchev–Trinajstić information content (AvgIpc) is 3.15. The smallest absolute Gasteiger partial charge is 0.437 e. The van der Waals surface area contributed by atoms with Crippen LogP contribution in [-0.4, -0.2) is 30.6 Å². The van der Waals surface area contributed by atoms with Gasteiger partial charge in [-0.2, -0.15) is 4.68 Å². The fraction of sp³-hybridized carbons (Fsp3) is 0.217. The molecule has 162 valence electrons. The van der Waals surface area contributed by atoms with Gasteiger partial charge in [-0.3, -0.25) is 0 Å². The third-order valence-corrected chi connectivity index (χ3v) is 4.70. The topological polar surface area (TPSA) is 75.7 Å². The molecule has 3 aromatic rings. The summed E-state index contributed by atoms with van der Waals surface area (Å²) in [6, 6.07) is 13.4. The van der Waals surface area contributed by atoms with Crippen LogP contribution < -0.4 is 15.2 Å². The van der Waals surface area contributed by atoms with Crippen molar-refractivity contribution < 1.29 is 18.6 Å². The van der Waals surface area contributed by atoms with Crippen LogP contribution in [0.5, 0.6) is 11.5 Å². The van der Waals surface area contributed by atoms with Gasteiger partial charge in [0.1, 0.15) is 0 Å². The number of ether oxygens (including phenoxy) is 3. The summed E-state index contributed by atoms with van der Waals surface area (Å²) in [5.74, 6) is 0.579.